The Bertz CT molecular complexity index is 269. The molecular formula is C15H27NO. The second-order valence-corrected chi connectivity index (χ2v) is 5.81. The van der Waals surface area contributed by atoms with Gasteiger partial charge in [0, 0.05) is 12.0 Å². The molecule has 0 saturated heterocycles. The van der Waals surface area contributed by atoms with E-state index in [1.165, 1.54) is 12.8 Å². The Kier molecular flexibility index (Phi) is 5.49. The van der Waals surface area contributed by atoms with Gasteiger partial charge in [-0.2, -0.15) is 0 Å². The van der Waals surface area contributed by atoms with Crippen molar-refractivity contribution in [3.8, 4) is 12.3 Å². The first-order valence-corrected chi connectivity index (χ1v) is 6.82. The van der Waals surface area contributed by atoms with Crippen LogP contribution in [0.3, 0.4) is 0 Å². The van der Waals surface area contributed by atoms with E-state index in [1.54, 1.807) is 0 Å². The Labute approximate surface area is 106 Å². The quantitative estimate of drug-likeness (QED) is 0.587. The Hall–Kier alpha value is -0.520. The molecule has 0 aromatic carbocycles. The van der Waals surface area contributed by atoms with Crippen LogP contribution >= 0.6 is 0 Å². The maximum atomic E-state index is 10.5. The SMILES string of the molecule is C#CCCCC(O)C1(N(C)C)CCCC(C)C1. The normalized spacial score (nSPS) is 31.2. The van der Waals surface area contributed by atoms with Crippen LogP contribution in [0.15, 0.2) is 0 Å². The number of likely N-dealkylation sites (N-methyl/N-ethyl adjacent to an activating group) is 1. The van der Waals surface area contributed by atoms with Crippen molar-refractivity contribution in [1.29, 1.82) is 0 Å². The van der Waals surface area contributed by atoms with Gasteiger partial charge < -0.3 is 10.0 Å². The molecule has 0 amide bonds. The molecule has 2 nitrogen and oxygen atoms in total. The standard InChI is InChI=1S/C15H27NO/c1-5-6-7-10-14(17)15(16(3)4)11-8-9-13(2)12-15/h1,13-14,17H,6-12H2,2-4H3. The molecule has 1 N–H and O–H groups in total. The molecule has 0 aromatic heterocycles. The number of aliphatic hydroxyl groups is 1. The van der Waals surface area contributed by atoms with Gasteiger partial charge in [0.05, 0.1) is 6.10 Å². The largest absolute Gasteiger partial charge is 0.391 e. The Morgan fingerprint density at radius 1 is 1.53 bits per heavy atom. The predicted molar refractivity (Wildman–Crippen MR) is 72.7 cm³/mol. The van der Waals surface area contributed by atoms with Crippen molar-refractivity contribution >= 4 is 0 Å². The van der Waals surface area contributed by atoms with Crippen LogP contribution in [-0.4, -0.2) is 35.7 Å². The monoisotopic (exact) mass is 237 g/mol. The number of hydrogen-bond donors (Lipinski definition) is 1. The first-order valence-electron chi connectivity index (χ1n) is 6.82. The highest BCUT2D eigenvalue weighted by Crippen LogP contribution is 2.39. The second kappa shape index (κ2) is 6.42. The molecule has 1 aliphatic carbocycles. The minimum absolute atomic E-state index is 0.0216. The summed E-state index contributed by atoms with van der Waals surface area (Å²) in [6, 6.07) is 0. The van der Waals surface area contributed by atoms with Gasteiger partial charge in [-0.1, -0.05) is 19.8 Å². The lowest BCUT2D eigenvalue weighted by molar-refractivity contribution is -0.0472. The van der Waals surface area contributed by atoms with Gasteiger partial charge in [-0.15, -0.1) is 12.3 Å². The van der Waals surface area contributed by atoms with Crippen LogP contribution in [0.2, 0.25) is 0 Å². The number of nitrogens with zero attached hydrogens (tertiary/aromatic N) is 1. The summed E-state index contributed by atoms with van der Waals surface area (Å²) in [7, 11) is 4.20. The maximum Gasteiger partial charge on any atom is 0.0724 e. The molecule has 1 fully saturated rings. The summed E-state index contributed by atoms with van der Waals surface area (Å²) in [5.41, 5.74) is -0.0216. The van der Waals surface area contributed by atoms with Gasteiger partial charge >= 0.3 is 0 Å². The first kappa shape index (κ1) is 14.5. The number of unbranched alkanes of at least 4 members (excludes halogenated alkanes) is 1. The number of aliphatic hydroxyl groups excluding tert-OH is 1. The second-order valence-electron chi connectivity index (χ2n) is 5.81. The lowest BCUT2D eigenvalue weighted by Gasteiger charge is -2.48. The lowest BCUT2D eigenvalue weighted by atomic mass is 9.71. The van der Waals surface area contributed by atoms with E-state index < -0.39 is 0 Å². The Morgan fingerprint density at radius 3 is 2.76 bits per heavy atom. The van der Waals surface area contributed by atoms with E-state index in [-0.39, 0.29) is 11.6 Å². The summed E-state index contributed by atoms with van der Waals surface area (Å²) in [4.78, 5) is 2.24. The third kappa shape index (κ3) is 3.47. The molecule has 0 spiro atoms. The zero-order chi connectivity index (χ0) is 12.9. The van der Waals surface area contributed by atoms with E-state index in [0.717, 1.165) is 32.1 Å². The molecule has 0 aliphatic heterocycles. The summed E-state index contributed by atoms with van der Waals surface area (Å²) < 4.78 is 0. The zero-order valence-electron chi connectivity index (χ0n) is 11.6. The molecule has 98 valence electrons. The third-order valence-corrected chi connectivity index (χ3v) is 4.32. The van der Waals surface area contributed by atoms with Gasteiger partial charge in [-0.05, 0) is 45.7 Å². The molecule has 1 aliphatic rings. The van der Waals surface area contributed by atoms with Crippen molar-refractivity contribution in [2.24, 2.45) is 5.92 Å². The minimum atomic E-state index is -0.242. The fraction of sp³-hybridized carbons (Fsp3) is 0.867. The molecular weight excluding hydrogens is 210 g/mol. The van der Waals surface area contributed by atoms with Crippen molar-refractivity contribution in [1.82, 2.24) is 4.90 Å². The number of terminal acetylenes is 1. The topological polar surface area (TPSA) is 23.5 Å². The molecule has 0 aromatic rings. The summed E-state index contributed by atoms with van der Waals surface area (Å²) >= 11 is 0. The Balaban J connectivity index is 2.66. The van der Waals surface area contributed by atoms with Crippen LogP contribution in [0, 0.1) is 18.3 Å². The van der Waals surface area contributed by atoms with E-state index in [2.05, 4.69) is 31.8 Å². The van der Waals surface area contributed by atoms with E-state index >= 15 is 0 Å². The molecule has 0 bridgehead atoms. The maximum absolute atomic E-state index is 10.5. The Morgan fingerprint density at radius 2 is 2.24 bits per heavy atom. The third-order valence-electron chi connectivity index (χ3n) is 4.32. The minimum Gasteiger partial charge on any atom is -0.391 e. The first-order chi connectivity index (χ1) is 8.03. The van der Waals surface area contributed by atoms with Crippen LogP contribution in [0.4, 0.5) is 0 Å². The fourth-order valence-corrected chi connectivity index (χ4v) is 3.24. The molecule has 17 heavy (non-hydrogen) atoms. The smallest absolute Gasteiger partial charge is 0.0724 e. The highest BCUT2D eigenvalue weighted by Gasteiger charge is 2.42. The van der Waals surface area contributed by atoms with Crippen molar-refractivity contribution < 1.29 is 5.11 Å². The van der Waals surface area contributed by atoms with Crippen LogP contribution in [0.25, 0.3) is 0 Å². The van der Waals surface area contributed by atoms with Gasteiger partial charge in [0.25, 0.3) is 0 Å². The zero-order valence-corrected chi connectivity index (χ0v) is 11.6. The van der Waals surface area contributed by atoms with Crippen LogP contribution in [0.1, 0.15) is 51.9 Å². The van der Waals surface area contributed by atoms with E-state index in [1.807, 2.05) is 0 Å². The number of hydrogen-bond acceptors (Lipinski definition) is 2. The summed E-state index contributed by atoms with van der Waals surface area (Å²) in [5, 5.41) is 10.5. The van der Waals surface area contributed by atoms with Gasteiger partial charge in [0.1, 0.15) is 0 Å². The van der Waals surface area contributed by atoms with Crippen molar-refractivity contribution in [2.45, 2.75) is 63.5 Å². The molecule has 1 rings (SSSR count). The highest BCUT2D eigenvalue weighted by molar-refractivity contribution is 4.98. The van der Waals surface area contributed by atoms with Crippen molar-refractivity contribution in [3.05, 3.63) is 0 Å². The molecule has 0 heterocycles. The van der Waals surface area contributed by atoms with Gasteiger partial charge in [-0.25, -0.2) is 0 Å². The van der Waals surface area contributed by atoms with Gasteiger partial charge in [0.15, 0.2) is 0 Å². The van der Waals surface area contributed by atoms with Crippen LogP contribution in [0.5, 0.6) is 0 Å². The summed E-state index contributed by atoms with van der Waals surface area (Å²) in [6.45, 7) is 2.30. The number of rotatable bonds is 5. The lowest BCUT2D eigenvalue weighted by Crippen LogP contribution is -2.56. The molecule has 3 atom stereocenters. The van der Waals surface area contributed by atoms with E-state index in [4.69, 9.17) is 6.42 Å². The van der Waals surface area contributed by atoms with Gasteiger partial charge in [0.2, 0.25) is 0 Å². The van der Waals surface area contributed by atoms with E-state index in [9.17, 15) is 5.11 Å². The average Bonchev–Trinajstić information content (AvgIpc) is 2.28. The summed E-state index contributed by atoms with van der Waals surface area (Å²) in [5.74, 6) is 3.37. The predicted octanol–water partition coefficient (Wildman–Crippen LogP) is 2.66. The average molecular weight is 237 g/mol. The summed E-state index contributed by atoms with van der Waals surface area (Å²) in [6.07, 6.45) is 12.3. The highest BCUT2D eigenvalue weighted by atomic mass is 16.3. The molecule has 0 radical (unpaired) electrons. The van der Waals surface area contributed by atoms with Crippen LogP contribution in [-0.2, 0) is 0 Å². The van der Waals surface area contributed by atoms with Crippen LogP contribution < -0.4 is 0 Å². The van der Waals surface area contributed by atoms with Gasteiger partial charge in [-0.3, -0.25) is 0 Å². The molecule has 1 saturated carbocycles. The molecule has 3 unspecified atom stereocenters. The van der Waals surface area contributed by atoms with Crippen molar-refractivity contribution in [3.63, 3.8) is 0 Å². The molecule has 2 heteroatoms. The van der Waals surface area contributed by atoms with E-state index in [0.29, 0.717) is 5.92 Å². The van der Waals surface area contributed by atoms with Crippen molar-refractivity contribution in [2.75, 3.05) is 14.1 Å². The fourth-order valence-electron chi connectivity index (χ4n) is 3.24.